The van der Waals surface area contributed by atoms with Crippen LogP contribution in [0.2, 0.25) is 0 Å². The van der Waals surface area contributed by atoms with Gasteiger partial charge in [0.05, 0.1) is 29.2 Å². The second-order valence-electron chi connectivity index (χ2n) is 6.73. The molecule has 0 unspecified atom stereocenters. The Labute approximate surface area is 192 Å². The van der Waals surface area contributed by atoms with Crippen LogP contribution in [0.3, 0.4) is 0 Å². The van der Waals surface area contributed by atoms with Gasteiger partial charge in [-0.1, -0.05) is 17.3 Å². The normalized spacial score (nSPS) is 10.7. The third kappa shape index (κ3) is 5.39. The average molecular weight is 466 g/mol. The Morgan fingerprint density at radius 2 is 1.94 bits per heavy atom. The van der Waals surface area contributed by atoms with Crippen molar-refractivity contribution in [3.8, 4) is 27.7 Å². The average Bonchev–Trinajstić information content (AvgIpc) is 3.48. The number of para-hydroxylation sites is 1. The minimum atomic E-state index is -0.492. The Balaban J connectivity index is 1.34. The number of carbonyl (C=O) groups excluding carboxylic acids is 1. The van der Waals surface area contributed by atoms with Crippen LogP contribution in [0.1, 0.15) is 18.5 Å². The fourth-order valence-corrected chi connectivity index (χ4v) is 3.79. The summed E-state index contributed by atoms with van der Waals surface area (Å²) in [6.07, 6.45) is -0.00332. The molecule has 4 rings (SSSR count). The smallest absolute Gasteiger partial charge is 0.312 e. The molecular weight excluding hydrogens is 448 g/mol. The van der Waals surface area contributed by atoms with E-state index in [1.807, 2.05) is 31.2 Å². The van der Waals surface area contributed by atoms with Crippen molar-refractivity contribution in [3.63, 3.8) is 0 Å². The van der Waals surface area contributed by atoms with Crippen molar-refractivity contribution >= 4 is 23.0 Å². The van der Waals surface area contributed by atoms with Gasteiger partial charge in [-0.05, 0) is 31.2 Å². The Morgan fingerprint density at radius 1 is 1.15 bits per heavy atom. The van der Waals surface area contributed by atoms with Gasteiger partial charge in [0.1, 0.15) is 10.8 Å². The number of carbonyl (C=O) groups is 1. The second kappa shape index (κ2) is 10.0. The molecule has 2 aromatic carbocycles. The molecule has 0 atom stereocenters. The lowest BCUT2D eigenvalue weighted by Gasteiger charge is -2.07. The zero-order chi connectivity index (χ0) is 23.2. The van der Waals surface area contributed by atoms with E-state index < -0.39 is 10.9 Å². The zero-order valence-electron chi connectivity index (χ0n) is 17.5. The van der Waals surface area contributed by atoms with Gasteiger partial charge in [-0.25, -0.2) is 4.98 Å². The third-order valence-electron chi connectivity index (χ3n) is 4.46. The fraction of sp³-hybridized carbons (Fsp3) is 0.182. The SMILES string of the molecule is CCOc1ccccc1-c1nc(CC(=O)OCc2nc(-c3ccc([N+](=O)[O-])cc3)no2)cs1. The first-order valence-corrected chi connectivity index (χ1v) is 10.8. The van der Waals surface area contributed by atoms with E-state index in [4.69, 9.17) is 14.0 Å². The number of benzene rings is 2. The quantitative estimate of drug-likeness (QED) is 0.199. The molecule has 168 valence electrons. The Kier molecular flexibility index (Phi) is 6.69. The Hall–Kier alpha value is -4.12. The minimum absolute atomic E-state index is 0.00332. The highest BCUT2D eigenvalue weighted by atomic mass is 32.1. The number of rotatable bonds is 9. The highest BCUT2D eigenvalue weighted by Crippen LogP contribution is 2.32. The molecule has 0 spiro atoms. The van der Waals surface area contributed by atoms with Gasteiger partial charge in [-0.3, -0.25) is 14.9 Å². The number of ether oxygens (including phenoxy) is 2. The fourth-order valence-electron chi connectivity index (χ4n) is 2.94. The minimum Gasteiger partial charge on any atom is -0.493 e. The molecule has 0 N–H and O–H groups in total. The van der Waals surface area contributed by atoms with E-state index in [-0.39, 0.29) is 30.4 Å². The molecule has 10 nitrogen and oxygen atoms in total. The lowest BCUT2D eigenvalue weighted by Crippen LogP contribution is -2.08. The molecule has 0 aliphatic rings. The van der Waals surface area contributed by atoms with Crippen LogP contribution in [0.25, 0.3) is 22.0 Å². The molecule has 0 aliphatic carbocycles. The molecule has 0 fully saturated rings. The maximum Gasteiger partial charge on any atom is 0.312 e. The van der Waals surface area contributed by atoms with Gasteiger partial charge < -0.3 is 14.0 Å². The number of hydrogen-bond donors (Lipinski definition) is 0. The van der Waals surface area contributed by atoms with Gasteiger partial charge in [0.25, 0.3) is 11.6 Å². The van der Waals surface area contributed by atoms with E-state index >= 15 is 0 Å². The summed E-state index contributed by atoms with van der Waals surface area (Å²) < 4.78 is 16.0. The van der Waals surface area contributed by atoms with Crippen molar-refractivity contribution in [2.75, 3.05) is 6.61 Å². The van der Waals surface area contributed by atoms with Crippen molar-refractivity contribution < 1.29 is 23.7 Å². The summed E-state index contributed by atoms with van der Waals surface area (Å²) in [6, 6.07) is 13.3. The first kappa shape index (κ1) is 22.1. The molecule has 0 saturated carbocycles. The third-order valence-corrected chi connectivity index (χ3v) is 5.38. The molecule has 0 amide bonds. The summed E-state index contributed by atoms with van der Waals surface area (Å²) in [6.45, 7) is 2.27. The van der Waals surface area contributed by atoms with Gasteiger partial charge >= 0.3 is 5.97 Å². The van der Waals surface area contributed by atoms with E-state index in [1.165, 1.54) is 35.6 Å². The summed E-state index contributed by atoms with van der Waals surface area (Å²) in [4.78, 5) is 31.2. The molecule has 0 aliphatic heterocycles. The molecule has 0 saturated heterocycles. The Morgan fingerprint density at radius 3 is 2.70 bits per heavy atom. The number of nitrogens with zero attached hydrogens (tertiary/aromatic N) is 4. The molecule has 0 radical (unpaired) electrons. The number of esters is 1. The first-order valence-electron chi connectivity index (χ1n) is 9.93. The molecule has 2 heterocycles. The van der Waals surface area contributed by atoms with Crippen LogP contribution in [0, 0.1) is 10.1 Å². The molecule has 2 aromatic heterocycles. The lowest BCUT2D eigenvalue weighted by atomic mass is 10.2. The van der Waals surface area contributed by atoms with Crippen LogP contribution in [0.15, 0.2) is 58.4 Å². The van der Waals surface area contributed by atoms with Gasteiger partial charge in [0, 0.05) is 23.1 Å². The topological polar surface area (TPSA) is 130 Å². The molecule has 4 aromatic rings. The van der Waals surface area contributed by atoms with Gasteiger partial charge in [0.2, 0.25) is 5.82 Å². The number of thiazole rings is 1. The first-order chi connectivity index (χ1) is 16.0. The predicted octanol–water partition coefficient (Wildman–Crippen LogP) is 4.45. The molecule has 33 heavy (non-hydrogen) atoms. The van der Waals surface area contributed by atoms with Crippen molar-refractivity contribution in [2.45, 2.75) is 20.0 Å². The highest BCUT2D eigenvalue weighted by molar-refractivity contribution is 7.13. The summed E-state index contributed by atoms with van der Waals surface area (Å²) in [5, 5.41) is 17.1. The maximum atomic E-state index is 12.2. The van der Waals surface area contributed by atoms with E-state index in [1.54, 1.807) is 5.38 Å². The molecule has 0 bridgehead atoms. The summed E-state index contributed by atoms with van der Waals surface area (Å²) in [5.41, 5.74) is 1.96. The van der Waals surface area contributed by atoms with Crippen LogP contribution < -0.4 is 4.74 Å². The van der Waals surface area contributed by atoms with Crippen LogP contribution in [-0.2, 0) is 22.6 Å². The van der Waals surface area contributed by atoms with E-state index in [2.05, 4.69) is 15.1 Å². The van der Waals surface area contributed by atoms with Gasteiger partial charge in [-0.2, -0.15) is 4.98 Å². The molecule has 11 heteroatoms. The van der Waals surface area contributed by atoms with E-state index in [0.29, 0.717) is 17.9 Å². The van der Waals surface area contributed by atoms with Gasteiger partial charge in [0.15, 0.2) is 6.61 Å². The summed E-state index contributed by atoms with van der Waals surface area (Å²) in [5.74, 6) is 0.609. The van der Waals surface area contributed by atoms with Gasteiger partial charge in [-0.15, -0.1) is 11.3 Å². The van der Waals surface area contributed by atoms with E-state index in [9.17, 15) is 14.9 Å². The monoisotopic (exact) mass is 466 g/mol. The molecular formula is C22H18N4O6S. The van der Waals surface area contributed by atoms with Crippen LogP contribution in [-0.4, -0.2) is 32.6 Å². The van der Waals surface area contributed by atoms with Crippen molar-refractivity contribution in [1.29, 1.82) is 0 Å². The van der Waals surface area contributed by atoms with Crippen LogP contribution in [0.5, 0.6) is 5.75 Å². The number of aromatic nitrogens is 3. The largest absolute Gasteiger partial charge is 0.493 e. The predicted molar refractivity (Wildman–Crippen MR) is 119 cm³/mol. The van der Waals surface area contributed by atoms with Crippen LogP contribution in [0.4, 0.5) is 5.69 Å². The second-order valence-corrected chi connectivity index (χ2v) is 7.58. The van der Waals surface area contributed by atoms with Crippen LogP contribution >= 0.6 is 11.3 Å². The van der Waals surface area contributed by atoms with E-state index in [0.717, 1.165) is 16.3 Å². The zero-order valence-corrected chi connectivity index (χ0v) is 18.3. The van der Waals surface area contributed by atoms with Crippen molar-refractivity contribution in [1.82, 2.24) is 15.1 Å². The number of non-ortho nitro benzene ring substituents is 1. The lowest BCUT2D eigenvalue weighted by molar-refractivity contribution is -0.384. The number of nitro groups is 1. The summed E-state index contributed by atoms with van der Waals surface area (Å²) >= 11 is 1.42. The highest BCUT2D eigenvalue weighted by Gasteiger charge is 2.15. The Bertz CT molecular complexity index is 1270. The van der Waals surface area contributed by atoms with Crippen molar-refractivity contribution in [3.05, 3.63) is 75.6 Å². The standard InChI is InChI=1S/C22H18N4O6S/c1-2-30-18-6-4-3-5-17(18)22-23-15(13-33-22)11-20(27)31-12-19-24-21(25-32-19)14-7-9-16(10-8-14)26(28)29/h3-10,13H,2,11-12H2,1H3. The number of hydrogen-bond acceptors (Lipinski definition) is 10. The number of nitro benzene ring substituents is 1. The maximum absolute atomic E-state index is 12.2. The van der Waals surface area contributed by atoms with Crippen molar-refractivity contribution in [2.24, 2.45) is 0 Å². The summed E-state index contributed by atoms with van der Waals surface area (Å²) in [7, 11) is 0.